The fourth-order valence-electron chi connectivity index (χ4n) is 3.80. The number of nitrogens with one attached hydrogen (secondary N) is 1. The molecule has 1 aromatic heterocycles. The first kappa shape index (κ1) is 23.8. The highest BCUT2D eigenvalue weighted by Crippen LogP contribution is 2.32. The molecule has 2 aromatic carbocycles. The van der Waals surface area contributed by atoms with Gasteiger partial charge < -0.3 is 14.6 Å². The van der Waals surface area contributed by atoms with E-state index in [-0.39, 0.29) is 30.8 Å². The first-order valence-electron chi connectivity index (χ1n) is 10.4. The number of piperidine rings is 1. The van der Waals surface area contributed by atoms with Gasteiger partial charge in [0, 0.05) is 18.7 Å². The fourth-order valence-corrected chi connectivity index (χ4v) is 5.54. The first-order valence-corrected chi connectivity index (χ1v) is 11.9. The molecule has 3 aromatic rings. The largest absolute Gasteiger partial charge is 0.464 e. The molecule has 0 atom stereocenters. The number of carbonyl (C=O) groups is 1. The third-order valence-corrected chi connectivity index (χ3v) is 7.97. The van der Waals surface area contributed by atoms with Crippen molar-refractivity contribution in [2.24, 2.45) is 0 Å². The molecule has 1 saturated heterocycles. The Kier molecular flexibility index (Phi) is 6.39. The van der Waals surface area contributed by atoms with Crippen LogP contribution in [0.4, 0.5) is 28.0 Å². The monoisotopic (exact) mass is 496 g/mol. The van der Waals surface area contributed by atoms with Gasteiger partial charge >= 0.3 is 12.2 Å². The molecule has 1 fully saturated rings. The normalized spacial score (nSPS) is 15.4. The minimum absolute atomic E-state index is 0.0563. The Hall–Kier alpha value is -3.34. The maximum atomic E-state index is 13.9. The summed E-state index contributed by atoms with van der Waals surface area (Å²) in [5.41, 5.74) is -0.949. The quantitative estimate of drug-likeness (QED) is 0.479. The summed E-state index contributed by atoms with van der Waals surface area (Å²) in [6, 6.07) is 10.7. The second-order valence-electron chi connectivity index (χ2n) is 7.86. The minimum atomic E-state index is -4.68. The van der Waals surface area contributed by atoms with Crippen molar-refractivity contribution in [1.29, 1.82) is 0 Å². The Morgan fingerprint density at radius 3 is 2.29 bits per heavy atom. The number of benzene rings is 2. The molecule has 11 heteroatoms. The minimum Gasteiger partial charge on any atom is -0.464 e. The fraction of sp³-hybridized carbons (Fsp3) is 0.261. The average Bonchev–Trinajstić information content (AvgIpc) is 3.35. The predicted octanol–water partition coefficient (Wildman–Crippen LogP) is 5.57. The molecule has 0 aliphatic carbocycles. The van der Waals surface area contributed by atoms with E-state index in [4.69, 9.17) is 4.42 Å². The van der Waals surface area contributed by atoms with Crippen LogP contribution in [0.15, 0.2) is 70.2 Å². The molecular weight excluding hydrogens is 476 g/mol. The molecule has 0 spiro atoms. The molecule has 1 aliphatic rings. The second kappa shape index (κ2) is 9.13. The highest BCUT2D eigenvalue weighted by Gasteiger charge is 2.34. The van der Waals surface area contributed by atoms with E-state index in [1.165, 1.54) is 23.3 Å². The van der Waals surface area contributed by atoms with E-state index < -0.39 is 44.4 Å². The predicted molar refractivity (Wildman–Crippen MR) is 116 cm³/mol. The molecule has 4 rings (SSSR count). The van der Waals surface area contributed by atoms with Gasteiger partial charge in [-0.15, -0.1) is 0 Å². The van der Waals surface area contributed by atoms with Crippen molar-refractivity contribution in [2.75, 3.05) is 18.4 Å². The molecule has 2 amide bonds. The van der Waals surface area contributed by atoms with E-state index in [2.05, 4.69) is 5.32 Å². The number of amides is 2. The number of urea groups is 1. The van der Waals surface area contributed by atoms with Crippen molar-refractivity contribution in [1.82, 2.24) is 4.90 Å². The van der Waals surface area contributed by atoms with Crippen molar-refractivity contribution >= 4 is 21.6 Å². The molecule has 180 valence electrons. The molecule has 0 saturated carbocycles. The van der Waals surface area contributed by atoms with Crippen molar-refractivity contribution < 1.29 is 35.2 Å². The molecule has 0 bridgehead atoms. The standard InChI is InChI=1S/C23H20F4N2O4S/c24-19-8-5-16(23(25,26)27)14-20(19)28-22(30)29-11-9-18(10-12-29)34(31,32)17-6-3-15(4-7-17)21-2-1-13-33-21/h1-8,13-14,18H,9-12H2,(H,28,30). The van der Waals surface area contributed by atoms with Crippen LogP contribution < -0.4 is 5.32 Å². The number of sulfone groups is 1. The number of hydrogen-bond donors (Lipinski definition) is 1. The van der Waals surface area contributed by atoms with Gasteiger partial charge in [-0.25, -0.2) is 17.6 Å². The Balaban J connectivity index is 1.39. The molecule has 6 nitrogen and oxygen atoms in total. The van der Waals surface area contributed by atoms with Crippen molar-refractivity contribution in [2.45, 2.75) is 29.2 Å². The van der Waals surface area contributed by atoms with Gasteiger partial charge in [0.15, 0.2) is 9.84 Å². The maximum Gasteiger partial charge on any atom is 0.416 e. The van der Waals surface area contributed by atoms with Gasteiger partial charge in [0.1, 0.15) is 11.6 Å². The topological polar surface area (TPSA) is 79.6 Å². The zero-order chi connectivity index (χ0) is 24.5. The summed E-state index contributed by atoms with van der Waals surface area (Å²) in [4.78, 5) is 13.9. The van der Waals surface area contributed by atoms with Gasteiger partial charge in [-0.05, 0) is 67.4 Å². The van der Waals surface area contributed by atoms with Crippen LogP contribution in [0.25, 0.3) is 11.3 Å². The van der Waals surface area contributed by atoms with Crippen LogP contribution in [-0.4, -0.2) is 37.7 Å². The molecule has 0 radical (unpaired) electrons. The van der Waals surface area contributed by atoms with Crippen LogP contribution in [0.5, 0.6) is 0 Å². The second-order valence-corrected chi connectivity index (χ2v) is 10.1. The van der Waals surface area contributed by atoms with E-state index in [1.54, 1.807) is 24.3 Å². The molecular formula is C23H20F4N2O4S. The van der Waals surface area contributed by atoms with Crippen LogP contribution in [0.3, 0.4) is 0 Å². The Bertz CT molecular complexity index is 1270. The SMILES string of the molecule is O=C(Nc1cc(C(F)(F)F)ccc1F)N1CCC(S(=O)(=O)c2ccc(-c3ccco3)cc2)CC1. The highest BCUT2D eigenvalue weighted by molar-refractivity contribution is 7.92. The number of likely N-dealkylation sites (tertiary alicyclic amines) is 1. The Morgan fingerprint density at radius 2 is 1.71 bits per heavy atom. The number of carbonyl (C=O) groups excluding carboxylic acids is 1. The van der Waals surface area contributed by atoms with Crippen molar-refractivity contribution in [3.8, 4) is 11.3 Å². The number of nitrogens with zero attached hydrogens (tertiary/aromatic N) is 1. The van der Waals surface area contributed by atoms with E-state index in [0.717, 1.165) is 5.56 Å². The van der Waals surface area contributed by atoms with Gasteiger partial charge in [0.25, 0.3) is 0 Å². The average molecular weight is 496 g/mol. The summed E-state index contributed by atoms with van der Waals surface area (Å²) in [5.74, 6) is -0.391. The van der Waals surface area contributed by atoms with E-state index in [0.29, 0.717) is 24.0 Å². The number of hydrogen-bond acceptors (Lipinski definition) is 4. The molecule has 0 unspecified atom stereocenters. The number of furan rings is 1. The van der Waals surface area contributed by atoms with Crippen LogP contribution in [-0.2, 0) is 16.0 Å². The van der Waals surface area contributed by atoms with E-state index in [1.807, 2.05) is 0 Å². The number of anilines is 1. The summed E-state index contributed by atoms with van der Waals surface area (Å²) in [7, 11) is -3.66. The van der Waals surface area contributed by atoms with Crippen LogP contribution >= 0.6 is 0 Å². The van der Waals surface area contributed by atoms with Gasteiger partial charge in [-0.1, -0.05) is 0 Å². The lowest BCUT2D eigenvalue weighted by molar-refractivity contribution is -0.137. The lowest BCUT2D eigenvalue weighted by Crippen LogP contribution is -2.44. The Morgan fingerprint density at radius 1 is 1.03 bits per heavy atom. The summed E-state index contributed by atoms with van der Waals surface area (Å²) < 4.78 is 83.9. The van der Waals surface area contributed by atoms with Crippen LogP contribution in [0, 0.1) is 5.82 Å². The summed E-state index contributed by atoms with van der Waals surface area (Å²) in [5, 5.41) is 1.43. The molecule has 1 N–H and O–H groups in total. The molecule has 34 heavy (non-hydrogen) atoms. The zero-order valence-corrected chi connectivity index (χ0v) is 18.5. The summed E-state index contributed by atoms with van der Waals surface area (Å²) in [6.45, 7) is 0.113. The van der Waals surface area contributed by atoms with E-state index >= 15 is 0 Å². The lowest BCUT2D eigenvalue weighted by atomic mass is 10.1. The van der Waals surface area contributed by atoms with Gasteiger partial charge in [0.05, 0.1) is 27.7 Å². The number of alkyl halides is 3. The highest BCUT2D eigenvalue weighted by atomic mass is 32.2. The number of rotatable bonds is 4. The van der Waals surface area contributed by atoms with E-state index in [9.17, 15) is 30.8 Å². The summed E-state index contributed by atoms with van der Waals surface area (Å²) >= 11 is 0. The lowest BCUT2D eigenvalue weighted by Gasteiger charge is -2.31. The number of halogens is 4. The van der Waals surface area contributed by atoms with Crippen molar-refractivity contribution in [3.63, 3.8) is 0 Å². The molecule has 1 aliphatic heterocycles. The third-order valence-electron chi connectivity index (χ3n) is 5.69. The maximum absolute atomic E-state index is 13.9. The van der Waals surface area contributed by atoms with Crippen LogP contribution in [0.1, 0.15) is 18.4 Å². The first-order chi connectivity index (χ1) is 16.1. The van der Waals surface area contributed by atoms with Gasteiger partial charge in [-0.3, -0.25) is 0 Å². The molecule has 2 heterocycles. The van der Waals surface area contributed by atoms with Gasteiger partial charge in [0.2, 0.25) is 0 Å². The van der Waals surface area contributed by atoms with Gasteiger partial charge in [-0.2, -0.15) is 13.2 Å². The zero-order valence-electron chi connectivity index (χ0n) is 17.7. The summed E-state index contributed by atoms with van der Waals surface area (Å²) in [6.07, 6.45) is -2.89. The smallest absolute Gasteiger partial charge is 0.416 e. The Labute approximate surface area is 193 Å². The van der Waals surface area contributed by atoms with Crippen LogP contribution in [0.2, 0.25) is 0 Å². The van der Waals surface area contributed by atoms with Crippen molar-refractivity contribution in [3.05, 3.63) is 72.2 Å². The third kappa shape index (κ3) is 4.93.